The summed E-state index contributed by atoms with van der Waals surface area (Å²) in [5.74, 6) is -1.88. The van der Waals surface area contributed by atoms with E-state index in [9.17, 15) is 13.9 Å². The van der Waals surface area contributed by atoms with Gasteiger partial charge in [0.1, 0.15) is 0 Å². The lowest BCUT2D eigenvalue weighted by molar-refractivity contribution is -0.0809. The number of rotatable bonds is 1. The van der Waals surface area contributed by atoms with Crippen LogP contribution < -0.4 is 5.32 Å². The van der Waals surface area contributed by atoms with Crippen LogP contribution in [0.25, 0.3) is 0 Å². The number of nitrogens with one attached hydrogen (secondary N) is 1. The van der Waals surface area contributed by atoms with Gasteiger partial charge >= 0.3 is 0 Å². The highest BCUT2D eigenvalue weighted by Crippen LogP contribution is 2.39. The number of hydrogen-bond donors (Lipinski definition) is 2. The Bertz CT molecular complexity index is 412. The zero-order chi connectivity index (χ0) is 12.6. The van der Waals surface area contributed by atoms with Crippen LogP contribution in [-0.4, -0.2) is 18.2 Å². The molecule has 0 spiro atoms. The zero-order valence-electron chi connectivity index (χ0n) is 10.0. The van der Waals surface area contributed by atoms with E-state index in [-0.39, 0.29) is 11.8 Å². The van der Waals surface area contributed by atoms with Gasteiger partial charge in [0.15, 0.2) is 11.6 Å². The lowest BCUT2D eigenvalue weighted by atomic mass is 9.71. The van der Waals surface area contributed by atoms with Crippen LogP contribution in [0.15, 0.2) is 18.2 Å². The normalized spacial score (nSPS) is 33.7. The third-order valence-corrected chi connectivity index (χ3v) is 3.79. The molecule has 0 amide bonds. The van der Waals surface area contributed by atoms with Crippen molar-refractivity contribution in [2.45, 2.75) is 19.4 Å². The third kappa shape index (κ3) is 1.96. The maximum Gasteiger partial charge on any atom is 0.159 e. The summed E-state index contributed by atoms with van der Waals surface area (Å²) in [5, 5.41) is 14.0. The Labute approximate surface area is 99.7 Å². The van der Waals surface area contributed by atoms with Crippen LogP contribution in [0.1, 0.15) is 19.4 Å². The van der Waals surface area contributed by atoms with E-state index in [4.69, 9.17) is 0 Å². The Balaban J connectivity index is 2.44. The second kappa shape index (κ2) is 4.35. The second-order valence-electron chi connectivity index (χ2n) is 4.91. The van der Waals surface area contributed by atoms with Crippen molar-refractivity contribution < 1.29 is 13.9 Å². The molecule has 0 bridgehead atoms. The lowest BCUT2D eigenvalue weighted by Gasteiger charge is -2.44. The van der Waals surface area contributed by atoms with Gasteiger partial charge in [-0.05, 0) is 17.7 Å². The first-order valence-corrected chi connectivity index (χ1v) is 5.85. The molecule has 1 heterocycles. The van der Waals surface area contributed by atoms with Crippen LogP contribution in [0.3, 0.4) is 0 Å². The summed E-state index contributed by atoms with van der Waals surface area (Å²) in [7, 11) is 0. The summed E-state index contributed by atoms with van der Waals surface area (Å²) < 4.78 is 26.2. The van der Waals surface area contributed by atoms with Gasteiger partial charge in [0, 0.05) is 24.9 Å². The number of benzene rings is 1. The number of aliphatic hydroxyl groups is 1. The van der Waals surface area contributed by atoms with Gasteiger partial charge in [0.05, 0.1) is 5.60 Å². The fourth-order valence-corrected chi connectivity index (χ4v) is 2.63. The standard InChI is InChI=1S/C13H17F2NO/c1-8-6-16-7-9(2)13(8,17)10-3-4-11(14)12(15)5-10/h3-5,8-9,16-17H,6-7H2,1-2H3/t8-,9+,13?. The molecule has 1 saturated heterocycles. The maximum atomic E-state index is 13.3. The van der Waals surface area contributed by atoms with E-state index >= 15 is 0 Å². The highest BCUT2D eigenvalue weighted by atomic mass is 19.2. The van der Waals surface area contributed by atoms with Crippen molar-refractivity contribution in [2.75, 3.05) is 13.1 Å². The van der Waals surface area contributed by atoms with Crippen LogP contribution in [0.4, 0.5) is 8.78 Å². The molecule has 3 atom stereocenters. The molecule has 2 rings (SSSR count). The average molecular weight is 241 g/mol. The quantitative estimate of drug-likeness (QED) is 0.788. The molecule has 1 aromatic rings. The van der Waals surface area contributed by atoms with Crippen molar-refractivity contribution in [1.82, 2.24) is 5.32 Å². The topological polar surface area (TPSA) is 32.3 Å². The van der Waals surface area contributed by atoms with E-state index in [2.05, 4.69) is 5.32 Å². The molecular formula is C13H17F2NO. The van der Waals surface area contributed by atoms with E-state index in [0.29, 0.717) is 18.7 Å². The molecule has 1 aliphatic rings. The zero-order valence-corrected chi connectivity index (χ0v) is 10.0. The van der Waals surface area contributed by atoms with E-state index in [1.807, 2.05) is 13.8 Å². The predicted molar refractivity (Wildman–Crippen MR) is 61.5 cm³/mol. The van der Waals surface area contributed by atoms with Gasteiger partial charge < -0.3 is 10.4 Å². The van der Waals surface area contributed by atoms with Crippen molar-refractivity contribution in [3.8, 4) is 0 Å². The number of hydrogen-bond acceptors (Lipinski definition) is 2. The SMILES string of the molecule is C[C@@H]1CNC[C@H](C)C1(O)c1ccc(F)c(F)c1. The average Bonchev–Trinajstić information content (AvgIpc) is 2.29. The van der Waals surface area contributed by atoms with E-state index in [1.165, 1.54) is 6.07 Å². The minimum Gasteiger partial charge on any atom is -0.385 e. The van der Waals surface area contributed by atoms with Gasteiger partial charge in [-0.15, -0.1) is 0 Å². The van der Waals surface area contributed by atoms with Crippen LogP contribution >= 0.6 is 0 Å². The molecule has 0 saturated carbocycles. The molecule has 0 aliphatic carbocycles. The predicted octanol–water partition coefficient (Wildman–Crippen LogP) is 2.03. The maximum absolute atomic E-state index is 13.3. The number of piperidine rings is 1. The fraction of sp³-hybridized carbons (Fsp3) is 0.538. The summed E-state index contributed by atoms with van der Waals surface area (Å²) in [6, 6.07) is 3.65. The van der Waals surface area contributed by atoms with Gasteiger partial charge in [0.2, 0.25) is 0 Å². The summed E-state index contributed by atoms with van der Waals surface area (Å²) >= 11 is 0. The summed E-state index contributed by atoms with van der Waals surface area (Å²) in [6.07, 6.45) is 0. The van der Waals surface area contributed by atoms with Gasteiger partial charge in [-0.3, -0.25) is 0 Å². The fourth-order valence-electron chi connectivity index (χ4n) is 2.63. The summed E-state index contributed by atoms with van der Waals surface area (Å²) in [5.41, 5.74) is -0.641. The Hall–Kier alpha value is -1.00. The third-order valence-electron chi connectivity index (χ3n) is 3.79. The van der Waals surface area contributed by atoms with Crippen molar-refractivity contribution in [3.05, 3.63) is 35.4 Å². The summed E-state index contributed by atoms with van der Waals surface area (Å²) in [6.45, 7) is 5.15. The minimum atomic E-state index is -1.10. The van der Waals surface area contributed by atoms with Crippen molar-refractivity contribution in [1.29, 1.82) is 0 Å². The number of halogens is 2. The molecule has 2 N–H and O–H groups in total. The van der Waals surface area contributed by atoms with Crippen LogP contribution in [0.5, 0.6) is 0 Å². The molecule has 17 heavy (non-hydrogen) atoms. The van der Waals surface area contributed by atoms with E-state index in [0.717, 1.165) is 12.1 Å². The molecule has 1 fully saturated rings. The van der Waals surface area contributed by atoms with Crippen LogP contribution in [0, 0.1) is 23.5 Å². The Kier molecular flexibility index (Phi) is 3.19. The lowest BCUT2D eigenvalue weighted by Crippen LogP contribution is -2.52. The van der Waals surface area contributed by atoms with Crippen LogP contribution in [0.2, 0.25) is 0 Å². The largest absolute Gasteiger partial charge is 0.385 e. The van der Waals surface area contributed by atoms with Crippen molar-refractivity contribution in [2.24, 2.45) is 11.8 Å². The van der Waals surface area contributed by atoms with Gasteiger partial charge in [-0.2, -0.15) is 0 Å². The first kappa shape index (κ1) is 12.5. The van der Waals surface area contributed by atoms with Crippen molar-refractivity contribution in [3.63, 3.8) is 0 Å². The van der Waals surface area contributed by atoms with Gasteiger partial charge in [-0.1, -0.05) is 19.9 Å². The molecule has 2 nitrogen and oxygen atoms in total. The van der Waals surface area contributed by atoms with E-state index < -0.39 is 17.2 Å². The molecule has 0 radical (unpaired) electrons. The smallest absolute Gasteiger partial charge is 0.159 e. The van der Waals surface area contributed by atoms with E-state index in [1.54, 1.807) is 0 Å². The second-order valence-corrected chi connectivity index (χ2v) is 4.91. The molecule has 1 unspecified atom stereocenters. The molecule has 4 heteroatoms. The highest BCUT2D eigenvalue weighted by Gasteiger charge is 2.43. The Morgan fingerprint density at radius 1 is 1.18 bits per heavy atom. The molecule has 94 valence electrons. The van der Waals surface area contributed by atoms with Gasteiger partial charge in [-0.25, -0.2) is 8.78 Å². The Morgan fingerprint density at radius 2 is 1.76 bits per heavy atom. The molecule has 0 aromatic heterocycles. The first-order chi connectivity index (χ1) is 7.96. The monoisotopic (exact) mass is 241 g/mol. The van der Waals surface area contributed by atoms with Crippen LogP contribution in [-0.2, 0) is 5.60 Å². The minimum absolute atomic E-state index is 0.0453. The molecular weight excluding hydrogens is 224 g/mol. The van der Waals surface area contributed by atoms with Crippen molar-refractivity contribution >= 4 is 0 Å². The first-order valence-electron chi connectivity index (χ1n) is 5.85. The molecule has 1 aliphatic heterocycles. The van der Waals surface area contributed by atoms with Gasteiger partial charge in [0.25, 0.3) is 0 Å². The summed E-state index contributed by atoms with van der Waals surface area (Å²) in [4.78, 5) is 0. The Morgan fingerprint density at radius 3 is 2.29 bits per heavy atom. The highest BCUT2D eigenvalue weighted by molar-refractivity contribution is 5.26. The molecule has 1 aromatic carbocycles.